The fraction of sp³-hybridized carbons (Fsp3) is 0.125. The number of hydrogen-bond donors (Lipinski definition) is 2. The van der Waals surface area contributed by atoms with Crippen LogP contribution in [0.4, 0.5) is 5.69 Å². The SMILES string of the molecule is CCOP(=O)(O)Oc1ccc(Cl)cc1C(=O)Nc1ccc(C#N)cc1Cl. The lowest BCUT2D eigenvalue weighted by atomic mass is 10.1. The van der Waals surface area contributed by atoms with Crippen LogP contribution in [0, 0.1) is 11.3 Å². The summed E-state index contributed by atoms with van der Waals surface area (Å²) in [5.41, 5.74) is 0.489. The van der Waals surface area contributed by atoms with Crippen molar-refractivity contribution >= 4 is 42.6 Å². The highest BCUT2D eigenvalue weighted by Crippen LogP contribution is 2.45. The highest BCUT2D eigenvalue weighted by Gasteiger charge is 2.25. The third-order valence-electron chi connectivity index (χ3n) is 3.04. The molecule has 1 unspecified atom stereocenters. The fourth-order valence-corrected chi connectivity index (χ4v) is 3.14. The maximum absolute atomic E-state index is 12.6. The van der Waals surface area contributed by atoms with Crippen molar-refractivity contribution in [2.75, 3.05) is 11.9 Å². The van der Waals surface area contributed by atoms with Gasteiger partial charge in [0.25, 0.3) is 5.91 Å². The standard InChI is InChI=1S/C16H13Cl2N2O5P/c1-2-24-26(22,23)25-15-6-4-11(17)8-12(15)16(21)20-14-5-3-10(9-19)7-13(14)18/h3-8H,2H2,1H3,(H,20,21)(H,22,23). The lowest BCUT2D eigenvalue weighted by molar-refractivity contribution is 0.102. The van der Waals surface area contributed by atoms with Gasteiger partial charge in [0.05, 0.1) is 34.5 Å². The van der Waals surface area contributed by atoms with E-state index in [9.17, 15) is 14.3 Å². The van der Waals surface area contributed by atoms with Crippen LogP contribution < -0.4 is 9.84 Å². The van der Waals surface area contributed by atoms with Gasteiger partial charge in [0.1, 0.15) is 5.75 Å². The van der Waals surface area contributed by atoms with Crippen molar-refractivity contribution in [2.45, 2.75) is 6.92 Å². The van der Waals surface area contributed by atoms with Crippen LogP contribution in [-0.2, 0) is 9.09 Å². The highest BCUT2D eigenvalue weighted by atomic mass is 35.5. The molecule has 1 amide bonds. The zero-order valence-electron chi connectivity index (χ0n) is 13.4. The minimum Gasteiger partial charge on any atom is -0.403 e. The van der Waals surface area contributed by atoms with Gasteiger partial charge >= 0.3 is 7.82 Å². The van der Waals surface area contributed by atoms with E-state index in [1.54, 1.807) is 0 Å². The molecule has 0 aliphatic heterocycles. The molecule has 2 N–H and O–H groups in total. The summed E-state index contributed by atoms with van der Waals surface area (Å²) in [6.07, 6.45) is 0. The molecule has 0 fully saturated rings. The first-order valence-corrected chi connectivity index (χ1v) is 9.48. The van der Waals surface area contributed by atoms with E-state index >= 15 is 0 Å². The number of nitrogens with one attached hydrogen (secondary N) is 1. The van der Waals surface area contributed by atoms with Crippen LogP contribution in [-0.4, -0.2) is 17.4 Å². The molecule has 0 saturated heterocycles. The third-order valence-corrected chi connectivity index (χ3v) is 4.60. The van der Waals surface area contributed by atoms with E-state index in [4.69, 9.17) is 33.0 Å². The average Bonchev–Trinajstić information content (AvgIpc) is 2.57. The topological polar surface area (TPSA) is 109 Å². The largest absolute Gasteiger partial charge is 0.527 e. The van der Waals surface area contributed by atoms with Gasteiger partial charge < -0.3 is 9.84 Å². The van der Waals surface area contributed by atoms with Gasteiger partial charge in [-0.3, -0.25) is 14.2 Å². The van der Waals surface area contributed by atoms with Crippen LogP contribution in [0.3, 0.4) is 0 Å². The summed E-state index contributed by atoms with van der Waals surface area (Å²) in [7, 11) is -4.38. The zero-order valence-corrected chi connectivity index (χ0v) is 15.8. The first-order valence-electron chi connectivity index (χ1n) is 7.23. The van der Waals surface area contributed by atoms with Crippen LogP contribution in [0.1, 0.15) is 22.8 Å². The molecule has 0 spiro atoms. The molecule has 0 bridgehead atoms. The number of amides is 1. The normalized spacial score (nSPS) is 12.7. The van der Waals surface area contributed by atoms with E-state index in [0.717, 1.165) is 0 Å². The van der Waals surface area contributed by atoms with Crippen LogP contribution in [0.25, 0.3) is 0 Å². The van der Waals surface area contributed by atoms with Gasteiger partial charge in [-0.25, -0.2) is 4.57 Å². The summed E-state index contributed by atoms with van der Waals surface area (Å²) >= 11 is 11.9. The molecule has 0 aliphatic carbocycles. The molecule has 2 aromatic carbocycles. The maximum atomic E-state index is 12.6. The number of phosphoric acid groups is 1. The van der Waals surface area contributed by atoms with Gasteiger partial charge in [0, 0.05) is 5.02 Å². The van der Waals surface area contributed by atoms with Crippen molar-refractivity contribution in [3.05, 3.63) is 57.6 Å². The molecule has 1 atom stereocenters. The summed E-state index contributed by atoms with van der Waals surface area (Å²) in [4.78, 5) is 22.2. The Morgan fingerprint density at radius 2 is 2.04 bits per heavy atom. The Hall–Kier alpha value is -2.07. The van der Waals surface area contributed by atoms with Crippen molar-refractivity contribution in [3.63, 3.8) is 0 Å². The number of carbonyl (C=O) groups is 1. The molecule has 7 nitrogen and oxygen atoms in total. The van der Waals surface area contributed by atoms with Gasteiger partial charge in [0.15, 0.2) is 0 Å². The summed E-state index contributed by atoms with van der Waals surface area (Å²) in [5, 5.41) is 11.8. The smallest absolute Gasteiger partial charge is 0.403 e. The molecule has 0 aliphatic rings. The van der Waals surface area contributed by atoms with E-state index < -0.39 is 13.7 Å². The third kappa shape index (κ3) is 5.21. The van der Waals surface area contributed by atoms with Crippen LogP contribution >= 0.6 is 31.0 Å². The quantitative estimate of drug-likeness (QED) is 0.666. The Balaban J connectivity index is 2.32. The predicted molar refractivity (Wildman–Crippen MR) is 97.7 cm³/mol. The van der Waals surface area contributed by atoms with Crippen molar-refractivity contribution in [1.82, 2.24) is 0 Å². The summed E-state index contributed by atoms with van der Waals surface area (Å²) in [5.74, 6) is -0.860. The molecule has 0 radical (unpaired) electrons. The van der Waals surface area contributed by atoms with E-state index in [2.05, 4.69) is 9.84 Å². The van der Waals surface area contributed by atoms with Gasteiger partial charge in [0.2, 0.25) is 0 Å². The maximum Gasteiger partial charge on any atom is 0.527 e. The zero-order chi connectivity index (χ0) is 19.3. The Kier molecular flexibility index (Phi) is 6.65. The molecule has 136 valence electrons. The van der Waals surface area contributed by atoms with Crippen LogP contribution in [0.5, 0.6) is 5.75 Å². The molecular weight excluding hydrogens is 402 g/mol. The molecule has 0 heterocycles. The minimum atomic E-state index is -4.38. The van der Waals surface area contributed by atoms with E-state index in [1.807, 2.05) is 6.07 Å². The van der Waals surface area contributed by atoms with E-state index in [0.29, 0.717) is 5.56 Å². The summed E-state index contributed by atoms with van der Waals surface area (Å²) in [6.45, 7) is 1.47. The minimum absolute atomic E-state index is 0.0518. The number of halogens is 2. The second-order valence-electron chi connectivity index (χ2n) is 4.88. The lowest BCUT2D eigenvalue weighted by Gasteiger charge is -2.15. The van der Waals surface area contributed by atoms with Gasteiger partial charge in [-0.15, -0.1) is 0 Å². The van der Waals surface area contributed by atoms with E-state index in [1.165, 1.54) is 43.3 Å². The van der Waals surface area contributed by atoms with Gasteiger partial charge in [-0.2, -0.15) is 5.26 Å². The predicted octanol–water partition coefficient (Wildman–Crippen LogP) is 4.63. The van der Waals surface area contributed by atoms with Crippen LogP contribution in [0.2, 0.25) is 10.0 Å². The number of carbonyl (C=O) groups excluding carboxylic acids is 1. The summed E-state index contributed by atoms with van der Waals surface area (Å²) in [6, 6.07) is 10.2. The number of rotatable bonds is 6. The monoisotopic (exact) mass is 414 g/mol. The molecule has 2 rings (SSSR count). The Bertz CT molecular complexity index is 929. The van der Waals surface area contributed by atoms with Crippen LogP contribution in [0.15, 0.2) is 36.4 Å². The Labute approximate surface area is 159 Å². The second kappa shape index (κ2) is 8.54. The van der Waals surface area contributed by atoms with Crippen molar-refractivity contribution in [1.29, 1.82) is 5.26 Å². The van der Waals surface area contributed by atoms with E-state index in [-0.39, 0.29) is 33.7 Å². The molecule has 0 saturated carbocycles. The number of phosphoric ester groups is 1. The Morgan fingerprint density at radius 3 is 2.65 bits per heavy atom. The molecule has 10 heteroatoms. The van der Waals surface area contributed by atoms with Gasteiger partial charge in [-0.05, 0) is 43.3 Å². The fourth-order valence-electron chi connectivity index (χ4n) is 1.95. The number of anilines is 1. The number of nitriles is 1. The summed E-state index contributed by atoms with van der Waals surface area (Å²) < 4.78 is 21.4. The van der Waals surface area contributed by atoms with Crippen molar-refractivity contribution < 1.29 is 23.3 Å². The molecule has 2 aromatic rings. The first-order chi connectivity index (χ1) is 12.3. The number of hydrogen-bond acceptors (Lipinski definition) is 5. The molecule has 26 heavy (non-hydrogen) atoms. The molecular formula is C16H13Cl2N2O5P. The lowest BCUT2D eigenvalue weighted by Crippen LogP contribution is -2.14. The Morgan fingerprint density at radius 1 is 1.31 bits per heavy atom. The second-order valence-corrected chi connectivity index (χ2v) is 7.10. The van der Waals surface area contributed by atoms with Crippen molar-refractivity contribution in [2.24, 2.45) is 0 Å². The first kappa shape index (κ1) is 20.2. The average molecular weight is 415 g/mol. The van der Waals surface area contributed by atoms with Crippen molar-refractivity contribution in [3.8, 4) is 11.8 Å². The van der Waals surface area contributed by atoms with Gasteiger partial charge in [-0.1, -0.05) is 23.2 Å². The molecule has 0 aromatic heterocycles. The number of nitrogens with zero attached hydrogens (tertiary/aromatic N) is 1. The highest BCUT2D eigenvalue weighted by molar-refractivity contribution is 7.47. The number of benzene rings is 2.